The smallest absolute Gasteiger partial charge is 0.149 e. The van der Waals surface area contributed by atoms with Crippen LogP contribution in [0.15, 0.2) is 48.5 Å². The predicted molar refractivity (Wildman–Crippen MR) is 90.9 cm³/mol. The van der Waals surface area contributed by atoms with Crippen LogP contribution in [-0.4, -0.2) is 16.4 Å². The molecule has 2 atom stereocenters. The van der Waals surface area contributed by atoms with E-state index in [1.54, 1.807) is 36.4 Å². The van der Waals surface area contributed by atoms with Crippen molar-refractivity contribution in [2.75, 3.05) is 10.7 Å². The average molecular weight is 432 g/mol. The summed E-state index contributed by atoms with van der Waals surface area (Å²) in [6.45, 7) is 0. The van der Waals surface area contributed by atoms with Gasteiger partial charge in [-0.05, 0) is 23.3 Å². The van der Waals surface area contributed by atoms with Gasteiger partial charge in [0, 0.05) is 10.7 Å². The van der Waals surface area contributed by atoms with Gasteiger partial charge in [-0.3, -0.25) is 4.79 Å². The lowest BCUT2D eigenvalue weighted by molar-refractivity contribution is -0.121. The first-order valence-corrected chi connectivity index (χ1v) is 8.99. The second-order valence-corrected chi connectivity index (χ2v) is 6.15. The largest absolute Gasteiger partial charge is 0.298 e. The summed E-state index contributed by atoms with van der Waals surface area (Å²) in [6, 6.07) is 12.4. The van der Waals surface area contributed by atoms with Crippen molar-refractivity contribution in [3.8, 4) is 0 Å². The monoisotopic (exact) mass is 430 g/mol. The van der Waals surface area contributed by atoms with Gasteiger partial charge >= 0.3 is 0 Å². The van der Waals surface area contributed by atoms with Crippen LogP contribution in [0, 0.1) is 11.6 Å². The average Bonchev–Trinajstić information content (AvgIpc) is 2.52. The molecule has 0 radical (unpaired) electrons. The van der Waals surface area contributed by atoms with Crippen LogP contribution in [0.4, 0.5) is 8.78 Å². The lowest BCUT2D eigenvalue weighted by atomic mass is 9.85. The van der Waals surface area contributed by atoms with Crippen LogP contribution >= 0.6 is 31.9 Å². The number of benzene rings is 2. The summed E-state index contributed by atoms with van der Waals surface area (Å²) >= 11 is 6.56. The van der Waals surface area contributed by atoms with Gasteiger partial charge in [-0.15, -0.1) is 0 Å². The van der Waals surface area contributed by atoms with Crippen LogP contribution < -0.4 is 0 Å². The van der Waals surface area contributed by atoms with E-state index in [-0.39, 0.29) is 16.4 Å². The number of carbonyl (C=O) groups is 1. The Morgan fingerprint density at radius 3 is 1.50 bits per heavy atom. The second kappa shape index (κ2) is 7.97. The highest BCUT2D eigenvalue weighted by atomic mass is 79.9. The molecule has 0 spiro atoms. The molecule has 5 heteroatoms. The SMILES string of the molecule is O=C(C(CBr)c1ccccc1F)C(CBr)c1ccccc1F. The fraction of sp³-hybridized carbons (Fsp3) is 0.235. The molecule has 0 saturated carbocycles. The van der Waals surface area contributed by atoms with Crippen LogP contribution in [0.2, 0.25) is 0 Å². The van der Waals surface area contributed by atoms with Crippen molar-refractivity contribution >= 4 is 37.6 Å². The van der Waals surface area contributed by atoms with E-state index >= 15 is 0 Å². The van der Waals surface area contributed by atoms with E-state index < -0.39 is 23.5 Å². The molecule has 0 fully saturated rings. The third-order valence-electron chi connectivity index (χ3n) is 3.56. The molecule has 2 aromatic rings. The molecule has 0 aliphatic rings. The number of hydrogen-bond donors (Lipinski definition) is 0. The number of alkyl halides is 2. The maximum atomic E-state index is 14.0. The summed E-state index contributed by atoms with van der Waals surface area (Å²) in [5, 5.41) is 0.565. The Bertz CT molecular complexity index is 605. The van der Waals surface area contributed by atoms with Gasteiger partial charge in [-0.2, -0.15) is 0 Å². The van der Waals surface area contributed by atoms with Gasteiger partial charge in [0.25, 0.3) is 0 Å². The minimum atomic E-state index is -0.664. The van der Waals surface area contributed by atoms with Gasteiger partial charge in [0.2, 0.25) is 0 Å². The summed E-state index contributed by atoms with van der Waals surface area (Å²) in [4.78, 5) is 12.8. The maximum absolute atomic E-state index is 14.0. The van der Waals surface area contributed by atoms with Crippen molar-refractivity contribution in [2.45, 2.75) is 11.8 Å². The molecule has 0 saturated heterocycles. The number of halogens is 4. The maximum Gasteiger partial charge on any atom is 0.149 e. The van der Waals surface area contributed by atoms with E-state index in [0.717, 1.165) is 0 Å². The van der Waals surface area contributed by atoms with E-state index in [9.17, 15) is 13.6 Å². The molecule has 2 unspecified atom stereocenters. The highest BCUT2D eigenvalue weighted by Crippen LogP contribution is 2.31. The zero-order valence-electron chi connectivity index (χ0n) is 11.6. The van der Waals surface area contributed by atoms with E-state index in [1.165, 1.54) is 12.1 Å². The van der Waals surface area contributed by atoms with Crippen molar-refractivity contribution < 1.29 is 13.6 Å². The fourth-order valence-electron chi connectivity index (χ4n) is 2.38. The Morgan fingerprint density at radius 1 is 0.818 bits per heavy atom. The van der Waals surface area contributed by atoms with E-state index in [0.29, 0.717) is 11.1 Å². The summed E-state index contributed by atoms with van der Waals surface area (Å²) in [6.07, 6.45) is 0. The molecule has 0 bridgehead atoms. The minimum absolute atomic E-state index is 0.219. The number of ketones is 1. The molecule has 0 aromatic heterocycles. The summed E-state index contributed by atoms with van der Waals surface area (Å²) in [5.41, 5.74) is 0.651. The zero-order valence-corrected chi connectivity index (χ0v) is 14.8. The normalized spacial score (nSPS) is 13.6. The fourth-order valence-corrected chi connectivity index (χ4v) is 3.72. The van der Waals surface area contributed by atoms with Gasteiger partial charge in [-0.1, -0.05) is 68.3 Å². The molecule has 22 heavy (non-hydrogen) atoms. The quantitative estimate of drug-likeness (QED) is 0.575. The van der Waals surface area contributed by atoms with Crippen LogP contribution in [0.5, 0.6) is 0 Å². The summed E-state index contributed by atoms with van der Waals surface area (Å²) in [5.74, 6) is -2.40. The minimum Gasteiger partial charge on any atom is -0.298 e. The molecule has 116 valence electrons. The van der Waals surface area contributed by atoms with Crippen molar-refractivity contribution in [1.29, 1.82) is 0 Å². The molecule has 0 amide bonds. The molecular formula is C17H14Br2F2O. The molecule has 2 aromatic carbocycles. The first kappa shape index (κ1) is 17.3. The lowest BCUT2D eigenvalue weighted by Crippen LogP contribution is -2.24. The third-order valence-corrected chi connectivity index (χ3v) is 4.85. The van der Waals surface area contributed by atoms with Crippen LogP contribution in [-0.2, 0) is 4.79 Å². The highest BCUT2D eigenvalue weighted by Gasteiger charge is 2.31. The van der Waals surface area contributed by atoms with Crippen molar-refractivity contribution in [1.82, 2.24) is 0 Å². The molecule has 2 rings (SSSR count). The number of carbonyl (C=O) groups excluding carboxylic acids is 1. The zero-order chi connectivity index (χ0) is 16.1. The molecule has 1 nitrogen and oxygen atoms in total. The number of hydrogen-bond acceptors (Lipinski definition) is 1. The lowest BCUT2D eigenvalue weighted by Gasteiger charge is -2.21. The molecule has 0 heterocycles. The Kier molecular flexibility index (Phi) is 6.26. The highest BCUT2D eigenvalue weighted by molar-refractivity contribution is 9.09. The Balaban J connectivity index is 2.39. The van der Waals surface area contributed by atoms with Crippen molar-refractivity contribution in [2.24, 2.45) is 0 Å². The molecule has 0 aliphatic carbocycles. The topological polar surface area (TPSA) is 17.1 Å². The number of rotatable bonds is 6. The van der Waals surface area contributed by atoms with Crippen LogP contribution in [0.25, 0.3) is 0 Å². The van der Waals surface area contributed by atoms with Crippen LogP contribution in [0.3, 0.4) is 0 Å². The van der Waals surface area contributed by atoms with Gasteiger partial charge in [0.05, 0.1) is 11.8 Å². The van der Waals surface area contributed by atoms with Gasteiger partial charge in [0.1, 0.15) is 17.4 Å². The molecule has 0 N–H and O–H groups in total. The second-order valence-electron chi connectivity index (χ2n) is 4.86. The van der Waals surface area contributed by atoms with E-state index in [4.69, 9.17) is 0 Å². The summed E-state index contributed by atoms with van der Waals surface area (Å²) < 4.78 is 28.0. The predicted octanol–water partition coefficient (Wildman–Crippen LogP) is 5.19. The standard InChI is InChI=1S/C17H14Br2F2O/c18-9-13(11-5-1-3-7-15(11)20)17(22)14(10-19)12-6-2-4-8-16(12)21/h1-8,13-14H,9-10H2. The number of Topliss-reactive ketones (excluding diaryl/α,β-unsaturated/α-hetero) is 1. The molecular weight excluding hydrogens is 418 g/mol. The first-order valence-electron chi connectivity index (χ1n) is 6.74. The van der Waals surface area contributed by atoms with E-state index in [1.807, 2.05) is 0 Å². The van der Waals surface area contributed by atoms with E-state index in [2.05, 4.69) is 31.9 Å². The van der Waals surface area contributed by atoms with Crippen molar-refractivity contribution in [3.63, 3.8) is 0 Å². The van der Waals surface area contributed by atoms with Gasteiger partial charge < -0.3 is 0 Å². The Morgan fingerprint density at radius 2 is 1.18 bits per heavy atom. The van der Waals surface area contributed by atoms with Crippen molar-refractivity contribution in [3.05, 3.63) is 71.3 Å². The van der Waals surface area contributed by atoms with Gasteiger partial charge in [-0.25, -0.2) is 8.78 Å². The van der Waals surface area contributed by atoms with Gasteiger partial charge in [0.15, 0.2) is 0 Å². The third kappa shape index (κ3) is 3.63. The Hall–Kier alpha value is -1.07. The first-order chi connectivity index (χ1) is 10.6. The molecule has 0 aliphatic heterocycles. The summed E-state index contributed by atoms with van der Waals surface area (Å²) in [7, 11) is 0. The Labute approximate surface area is 145 Å². The van der Waals surface area contributed by atoms with Crippen LogP contribution in [0.1, 0.15) is 23.0 Å².